The van der Waals surface area contributed by atoms with E-state index in [1.807, 2.05) is 48.5 Å². The van der Waals surface area contributed by atoms with E-state index in [0.29, 0.717) is 0 Å². The van der Waals surface area contributed by atoms with E-state index in [4.69, 9.17) is 10.2 Å². The maximum absolute atomic E-state index is 10.5. The van der Waals surface area contributed by atoms with Crippen molar-refractivity contribution in [2.24, 2.45) is 0 Å². The van der Waals surface area contributed by atoms with E-state index in [9.17, 15) is 9.59 Å². The van der Waals surface area contributed by atoms with Gasteiger partial charge >= 0.3 is 11.9 Å². The van der Waals surface area contributed by atoms with Crippen molar-refractivity contribution in [2.75, 3.05) is 0 Å². The van der Waals surface area contributed by atoms with Crippen LogP contribution < -0.4 is 0 Å². The molecular weight excluding hydrogens is 280 g/mol. The van der Waals surface area contributed by atoms with E-state index in [1.165, 1.54) is 12.2 Å². The van der Waals surface area contributed by atoms with Gasteiger partial charge in [-0.1, -0.05) is 48.5 Å². The van der Waals surface area contributed by atoms with Crippen molar-refractivity contribution in [1.82, 2.24) is 0 Å². The Hall–Kier alpha value is -3.14. The van der Waals surface area contributed by atoms with Gasteiger partial charge in [-0.25, -0.2) is 9.59 Å². The normalized spacial score (nSPS) is 11.1. The predicted octanol–water partition coefficient (Wildman–Crippen LogP) is 3.55. The average molecular weight is 294 g/mol. The summed E-state index contributed by atoms with van der Waals surface area (Å²) in [6.45, 7) is 0. The first-order valence-electron chi connectivity index (χ1n) is 6.57. The van der Waals surface area contributed by atoms with Crippen LogP contribution in [0.25, 0.3) is 23.3 Å². The van der Waals surface area contributed by atoms with Crippen LogP contribution in [-0.2, 0) is 9.59 Å². The van der Waals surface area contributed by atoms with Crippen LogP contribution in [-0.4, -0.2) is 22.2 Å². The Kier molecular flexibility index (Phi) is 4.88. The van der Waals surface area contributed by atoms with Crippen molar-refractivity contribution >= 4 is 24.1 Å². The second-order valence-electron chi connectivity index (χ2n) is 4.59. The van der Waals surface area contributed by atoms with E-state index < -0.39 is 11.9 Å². The van der Waals surface area contributed by atoms with Gasteiger partial charge < -0.3 is 10.2 Å². The van der Waals surface area contributed by atoms with Gasteiger partial charge in [0.1, 0.15) is 0 Å². The van der Waals surface area contributed by atoms with Crippen LogP contribution in [0.15, 0.2) is 60.7 Å². The number of hydrogen-bond donors (Lipinski definition) is 2. The first kappa shape index (κ1) is 15.3. The van der Waals surface area contributed by atoms with Crippen molar-refractivity contribution < 1.29 is 19.8 Å². The summed E-state index contributed by atoms with van der Waals surface area (Å²) in [5.41, 5.74) is 3.63. The number of carboxylic acids is 2. The van der Waals surface area contributed by atoms with Gasteiger partial charge in [-0.05, 0) is 34.4 Å². The zero-order valence-corrected chi connectivity index (χ0v) is 11.6. The molecule has 2 aromatic rings. The third-order valence-corrected chi connectivity index (χ3v) is 2.99. The fourth-order valence-electron chi connectivity index (χ4n) is 1.91. The summed E-state index contributed by atoms with van der Waals surface area (Å²) in [5, 5.41) is 17.2. The molecule has 4 heteroatoms. The topological polar surface area (TPSA) is 74.6 Å². The zero-order valence-electron chi connectivity index (χ0n) is 11.6. The summed E-state index contributed by atoms with van der Waals surface area (Å²) in [7, 11) is 0. The molecular formula is C18H14O4. The zero-order chi connectivity index (χ0) is 15.9. The molecule has 0 amide bonds. The summed E-state index contributed by atoms with van der Waals surface area (Å²) < 4.78 is 0. The molecule has 4 nitrogen and oxygen atoms in total. The predicted molar refractivity (Wildman–Crippen MR) is 85.2 cm³/mol. The molecule has 22 heavy (non-hydrogen) atoms. The summed E-state index contributed by atoms with van der Waals surface area (Å²) in [6.07, 6.45) is 5.26. The third-order valence-electron chi connectivity index (χ3n) is 2.99. The third kappa shape index (κ3) is 4.45. The highest BCUT2D eigenvalue weighted by atomic mass is 16.4. The summed E-state index contributed by atoms with van der Waals surface area (Å²) >= 11 is 0. The van der Waals surface area contributed by atoms with Gasteiger partial charge in [-0.3, -0.25) is 0 Å². The Bertz CT molecular complexity index is 657. The highest BCUT2D eigenvalue weighted by Crippen LogP contribution is 2.21. The molecule has 0 unspecified atom stereocenters. The average Bonchev–Trinajstić information content (AvgIpc) is 2.52. The van der Waals surface area contributed by atoms with Crippen molar-refractivity contribution in [3.05, 3.63) is 71.8 Å². The van der Waals surface area contributed by atoms with Crippen LogP contribution in [0.4, 0.5) is 0 Å². The van der Waals surface area contributed by atoms with Crippen LogP contribution in [0, 0.1) is 0 Å². The highest BCUT2D eigenvalue weighted by molar-refractivity contribution is 5.86. The number of carbonyl (C=O) groups is 2. The van der Waals surface area contributed by atoms with E-state index in [1.54, 1.807) is 0 Å². The first-order chi connectivity index (χ1) is 10.5. The van der Waals surface area contributed by atoms with Gasteiger partial charge in [0.15, 0.2) is 0 Å². The number of aliphatic carboxylic acids is 2. The minimum Gasteiger partial charge on any atom is -0.478 e. The van der Waals surface area contributed by atoms with E-state index >= 15 is 0 Å². The second-order valence-corrected chi connectivity index (χ2v) is 4.59. The van der Waals surface area contributed by atoms with Crippen molar-refractivity contribution in [3.8, 4) is 11.1 Å². The lowest BCUT2D eigenvalue weighted by atomic mass is 10.0. The maximum atomic E-state index is 10.5. The van der Waals surface area contributed by atoms with Gasteiger partial charge in [-0.2, -0.15) is 0 Å². The van der Waals surface area contributed by atoms with Gasteiger partial charge in [0, 0.05) is 12.2 Å². The van der Waals surface area contributed by atoms with Gasteiger partial charge in [0.05, 0.1) is 0 Å². The lowest BCUT2D eigenvalue weighted by molar-refractivity contribution is -0.132. The smallest absolute Gasteiger partial charge is 0.328 e. The lowest BCUT2D eigenvalue weighted by Crippen LogP contribution is -1.86. The molecule has 0 fully saturated rings. The Balaban J connectivity index is 2.15. The number of carboxylic acid groups (broad SMARTS) is 2. The molecule has 0 heterocycles. The Morgan fingerprint density at radius 3 is 1.23 bits per heavy atom. The fourth-order valence-corrected chi connectivity index (χ4v) is 1.91. The lowest BCUT2D eigenvalue weighted by Gasteiger charge is -2.03. The Morgan fingerprint density at radius 2 is 0.955 bits per heavy atom. The van der Waals surface area contributed by atoms with Crippen LogP contribution >= 0.6 is 0 Å². The SMILES string of the molecule is O=C(O)/C=C/c1ccc(-c2ccc(/C=C/C(=O)O)cc2)cc1. The van der Waals surface area contributed by atoms with Gasteiger partial charge in [0.2, 0.25) is 0 Å². The molecule has 0 bridgehead atoms. The Morgan fingerprint density at radius 1 is 0.636 bits per heavy atom. The molecule has 0 spiro atoms. The van der Waals surface area contributed by atoms with E-state index in [2.05, 4.69) is 0 Å². The van der Waals surface area contributed by atoms with Crippen LogP contribution in [0.2, 0.25) is 0 Å². The summed E-state index contributed by atoms with van der Waals surface area (Å²) in [5.74, 6) is -1.96. The first-order valence-corrected chi connectivity index (χ1v) is 6.57. The van der Waals surface area contributed by atoms with Crippen LogP contribution in [0.5, 0.6) is 0 Å². The summed E-state index contributed by atoms with van der Waals surface area (Å²) in [4.78, 5) is 20.9. The van der Waals surface area contributed by atoms with E-state index in [0.717, 1.165) is 34.4 Å². The summed E-state index contributed by atoms with van der Waals surface area (Å²) in [6, 6.07) is 15.0. The van der Waals surface area contributed by atoms with Crippen molar-refractivity contribution in [1.29, 1.82) is 0 Å². The molecule has 0 aliphatic carbocycles. The van der Waals surface area contributed by atoms with Crippen LogP contribution in [0.3, 0.4) is 0 Å². The van der Waals surface area contributed by atoms with Crippen molar-refractivity contribution in [2.45, 2.75) is 0 Å². The molecule has 0 aliphatic rings. The fraction of sp³-hybridized carbons (Fsp3) is 0. The number of hydrogen-bond acceptors (Lipinski definition) is 2. The van der Waals surface area contributed by atoms with Gasteiger partial charge in [-0.15, -0.1) is 0 Å². The molecule has 0 aliphatic heterocycles. The number of rotatable bonds is 5. The molecule has 0 radical (unpaired) electrons. The molecule has 0 saturated heterocycles. The van der Waals surface area contributed by atoms with Crippen LogP contribution in [0.1, 0.15) is 11.1 Å². The second kappa shape index (κ2) is 7.04. The highest BCUT2D eigenvalue weighted by Gasteiger charge is 1.98. The van der Waals surface area contributed by atoms with E-state index in [-0.39, 0.29) is 0 Å². The molecule has 2 aromatic carbocycles. The molecule has 2 rings (SSSR count). The molecule has 0 aromatic heterocycles. The quantitative estimate of drug-likeness (QED) is 0.827. The minimum atomic E-state index is -0.978. The van der Waals surface area contributed by atoms with Crippen molar-refractivity contribution in [3.63, 3.8) is 0 Å². The largest absolute Gasteiger partial charge is 0.478 e. The maximum Gasteiger partial charge on any atom is 0.328 e. The molecule has 0 atom stereocenters. The molecule has 2 N–H and O–H groups in total. The number of benzene rings is 2. The van der Waals surface area contributed by atoms with Gasteiger partial charge in [0.25, 0.3) is 0 Å². The molecule has 0 saturated carbocycles. The molecule has 110 valence electrons. The Labute approximate surface area is 127 Å². The standard InChI is InChI=1S/C18H14O4/c19-17(20)11-5-13-1-7-15(8-2-13)16-9-3-14(4-10-16)6-12-18(21)22/h1-12H,(H,19,20)(H,21,22)/b11-5+,12-6+. The minimum absolute atomic E-state index is 0.812. The monoisotopic (exact) mass is 294 g/mol.